The minimum atomic E-state index is -0.146. The van der Waals surface area contributed by atoms with Gasteiger partial charge in [0, 0.05) is 18.6 Å². The number of fused-ring (bicyclic) bond motifs is 1. The van der Waals surface area contributed by atoms with E-state index in [0.29, 0.717) is 5.56 Å². The van der Waals surface area contributed by atoms with Crippen molar-refractivity contribution < 1.29 is 4.79 Å². The highest BCUT2D eigenvalue weighted by Crippen LogP contribution is 2.31. The van der Waals surface area contributed by atoms with E-state index in [-0.39, 0.29) is 5.91 Å². The van der Waals surface area contributed by atoms with E-state index in [1.807, 2.05) is 36.4 Å². The van der Waals surface area contributed by atoms with Gasteiger partial charge in [-0.2, -0.15) is 0 Å². The number of rotatable bonds is 3. The third-order valence-corrected chi connectivity index (χ3v) is 4.25. The normalized spacial score (nSPS) is 10.8. The maximum atomic E-state index is 12.0. The molecule has 122 valence electrons. The standard InChI is InChI=1S/C21H17N3O/c1-22-21(25)17-11-18(14-23-13-17)24-19-10-6-5-9-16(19)12-20(24)15-7-3-2-4-8-15/h2-14H,1H3,(H,22,25). The minimum absolute atomic E-state index is 0.146. The van der Waals surface area contributed by atoms with Gasteiger partial charge in [0.2, 0.25) is 0 Å². The van der Waals surface area contributed by atoms with Crippen molar-refractivity contribution >= 4 is 16.8 Å². The summed E-state index contributed by atoms with van der Waals surface area (Å²) in [7, 11) is 1.62. The average Bonchev–Trinajstić information content (AvgIpc) is 3.07. The molecule has 2 heterocycles. The Morgan fingerprint density at radius 1 is 0.960 bits per heavy atom. The topological polar surface area (TPSA) is 46.9 Å². The van der Waals surface area contributed by atoms with Gasteiger partial charge in [0.25, 0.3) is 5.91 Å². The summed E-state index contributed by atoms with van der Waals surface area (Å²) in [6.07, 6.45) is 3.36. The van der Waals surface area contributed by atoms with Crippen LogP contribution in [0.4, 0.5) is 0 Å². The number of pyridine rings is 1. The lowest BCUT2D eigenvalue weighted by Gasteiger charge is -2.12. The molecule has 0 fully saturated rings. The molecule has 25 heavy (non-hydrogen) atoms. The lowest BCUT2D eigenvalue weighted by molar-refractivity contribution is 0.0962. The Morgan fingerprint density at radius 3 is 2.52 bits per heavy atom. The molecule has 0 saturated heterocycles. The predicted molar refractivity (Wildman–Crippen MR) is 99.9 cm³/mol. The van der Waals surface area contributed by atoms with Gasteiger partial charge in [-0.1, -0.05) is 48.5 Å². The van der Waals surface area contributed by atoms with E-state index in [1.165, 1.54) is 0 Å². The molecule has 1 N–H and O–H groups in total. The molecule has 1 amide bonds. The Bertz CT molecular complexity index is 1050. The van der Waals surface area contributed by atoms with Crippen LogP contribution in [0.3, 0.4) is 0 Å². The minimum Gasteiger partial charge on any atom is -0.355 e. The molecule has 0 saturated carbocycles. The molecular weight excluding hydrogens is 310 g/mol. The highest BCUT2D eigenvalue weighted by Gasteiger charge is 2.14. The number of hydrogen-bond acceptors (Lipinski definition) is 2. The summed E-state index contributed by atoms with van der Waals surface area (Å²) < 4.78 is 2.14. The Balaban J connectivity index is 1.99. The molecule has 0 radical (unpaired) electrons. The molecule has 0 bridgehead atoms. The highest BCUT2D eigenvalue weighted by atomic mass is 16.1. The number of benzene rings is 2. The number of carbonyl (C=O) groups excluding carboxylic acids is 1. The molecule has 4 nitrogen and oxygen atoms in total. The fourth-order valence-corrected chi connectivity index (χ4v) is 3.07. The predicted octanol–water partition coefficient (Wildman–Crippen LogP) is 4.05. The van der Waals surface area contributed by atoms with E-state index < -0.39 is 0 Å². The van der Waals surface area contributed by atoms with Crippen molar-refractivity contribution in [3.05, 3.63) is 84.7 Å². The van der Waals surface area contributed by atoms with Gasteiger partial charge in [0.1, 0.15) is 0 Å². The van der Waals surface area contributed by atoms with Gasteiger partial charge in [0.15, 0.2) is 0 Å². The number of amides is 1. The Labute approximate surface area is 145 Å². The lowest BCUT2D eigenvalue weighted by Crippen LogP contribution is -2.18. The summed E-state index contributed by atoms with van der Waals surface area (Å²) >= 11 is 0. The van der Waals surface area contributed by atoms with E-state index in [2.05, 4.69) is 45.2 Å². The molecule has 4 aromatic rings. The van der Waals surface area contributed by atoms with Crippen LogP contribution < -0.4 is 5.32 Å². The fraction of sp³-hybridized carbons (Fsp3) is 0.0476. The van der Waals surface area contributed by atoms with Crippen LogP contribution in [-0.4, -0.2) is 22.5 Å². The van der Waals surface area contributed by atoms with Crippen molar-refractivity contribution in [2.45, 2.75) is 0 Å². The van der Waals surface area contributed by atoms with Crippen LogP contribution in [0, 0.1) is 0 Å². The molecule has 0 spiro atoms. The van der Waals surface area contributed by atoms with Crippen LogP contribution in [0.5, 0.6) is 0 Å². The van der Waals surface area contributed by atoms with E-state index in [9.17, 15) is 4.79 Å². The maximum Gasteiger partial charge on any atom is 0.252 e. The summed E-state index contributed by atoms with van der Waals surface area (Å²) in [6.45, 7) is 0. The van der Waals surface area contributed by atoms with Crippen molar-refractivity contribution in [2.75, 3.05) is 7.05 Å². The first-order chi connectivity index (χ1) is 12.3. The van der Waals surface area contributed by atoms with E-state index in [0.717, 1.165) is 27.8 Å². The zero-order valence-corrected chi connectivity index (χ0v) is 13.8. The van der Waals surface area contributed by atoms with E-state index in [4.69, 9.17) is 0 Å². The first-order valence-electron chi connectivity index (χ1n) is 8.11. The summed E-state index contributed by atoms with van der Waals surface area (Å²) in [5.41, 5.74) is 4.66. The first kappa shape index (κ1) is 15.1. The van der Waals surface area contributed by atoms with Crippen LogP contribution in [0.25, 0.3) is 27.8 Å². The van der Waals surface area contributed by atoms with Gasteiger partial charge < -0.3 is 9.88 Å². The number of nitrogens with one attached hydrogen (secondary N) is 1. The summed E-state index contributed by atoms with van der Waals surface area (Å²) in [5.74, 6) is -0.146. The molecule has 4 rings (SSSR count). The van der Waals surface area contributed by atoms with Gasteiger partial charge >= 0.3 is 0 Å². The van der Waals surface area contributed by atoms with Crippen molar-refractivity contribution in [1.29, 1.82) is 0 Å². The number of carbonyl (C=O) groups is 1. The van der Waals surface area contributed by atoms with Crippen LogP contribution in [0.1, 0.15) is 10.4 Å². The molecule has 2 aromatic carbocycles. The van der Waals surface area contributed by atoms with Crippen LogP contribution in [0.15, 0.2) is 79.1 Å². The molecule has 0 aliphatic heterocycles. The van der Waals surface area contributed by atoms with E-state index in [1.54, 1.807) is 19.4 Å². The number of para-hydroxylation sites is 1. The SMILES string of the molecule is CNC(=O)c1cncc(-n2c(-c3ccccc3)cc3ccccc32)c1. The number of hydrogen-bond donors (Lipinski definition) is 1. The second kappa shape index (κ2) is 6.24. The van der Waals surface area contributed by atoms with E-state index >= 15 is 0 Å². The molecule has 4 heteroatoms. The fourth-order valence-electron chi connectivity index (χ4n) is 3.07. The molecule has 0 aliphatic carbocycles. The third kappa shape index (κ3) is 2.68. The number of aromatic nitrogens is 2. The zero-order valence-electron chi connectivity index (χ0n) is 13.8. The average molecular weight is 327 g/mol. The quantitative estimate of drug-likeness (QED) is 0.617. The second-order valence-electron chi connectivity index (χ2n) is 5.80. The monoisotopic (exact) mass is 327 g/mol. The third-order valence-electron chi connectivity index (χ3n) is 4.25. The molecular formula is C21H17N3O. The summed E-state index contributed by atoms with van der Waals surface area (Å²) in [6, 6.07) is 22.5. The van der Waals surface area contributed by atoms with Crippen LogP contribution in [0.2, 0.25) is 0 Å². The number of nitrogens with zero attached hydrogens (tertiary/aromatic N) is 2. The van der Waals surface area contributed by atoms with Crippen LogP contribution in [-0.2, 0) is 0 Å². The van der Waals surface area contributed by atoms with Gasteiger partial charge in [-0.05, 0) is 23.8 Å². The highest BCUT2D eigenvalue weighted by molar-refractivity contribution is 5.95. The van der Waals surface area contributed by atoms with Crippen molar-refractivity contribution in [2.24, 2.45) is 0 Å². The lowest BCUT2D eigenvalue weighted by atomic mass is 10.1. The van der Waals surface area contributed by atoms with Crippen LogP contribution >= 0.6 is 0 Å². The Hall–Kier alpha value is -3.40. The molecule has 2 aromatic heterocycles. The second-order valence-corrected chi connectivity index (χ2v) is 5.80. The van der Waals surface area contributed by atoms with Gasteiger partial charge in [0.05, 0.1) is 28.7 Å². The smallest absolute Gasteiger partial charge is 0.252 e. The Morgan fingerprint density at radius 2 is 1.72 bits per heavy atom. The van der Waals surface area contributed by atoms with Crippen molar-refractivity contribution in [1.82, 2.24) is 14.9 Å². The van der Waals surface area contributed by atoms with Crippen molar-refractivity contribution in [3.63, 3.8) is 0 Å². The Kier molecular flexibility index (Phi) is 3.78. The maximum absolute atomic E-state index is 12.0. The summed E-state index contributed by atoms with van der Waals surface area (Å²) in [5, 5.41) is 3.79. The van der Waals surface area contributed by atoms with Crippen molar-refractivity contribution in [3.8, 4) is 16.9 Å². The largest absolute Gasteiger partial charge is 0.355 e. The zero-order chi connectivity index (χ0) is 17.2. The van der Waals surface area contributed by atoms with Gasteiger partial charge in [-0.15, -0.1) is 0 Å². The molecule has 0 atom stereocenters. The first-order valence-corrected chi connectivity index (χ1v) is 8.11. The molecule has 0 aliphatic rings. The van der Waals surface area contributed by atoms with Gasteiger partial charge in [-0.3, -0.25) is 9.78 Å². The van der Waals surface area contributed by atoms with Gasteiger partial charge in [-0.25, -0.2) is 0 Å². The summed E-state index contributed by atoms with van der Waals surface area (Å²) in [4.78, 5) is 16.3. The molecule has 0 unspecified atom stereocenters.